The van der Waals surface area contributed by atoms with E-state index in [-0.39, 0.29) is 34.3 Å². The van der Waals surface area contributed by atoms with E-state index in [1.807, 2.05) is 0 Å². The molecule has 0 aromatic heterocycles. The lowest BCUT2D eigenvalue weighted by Gasteiger charge is -2.27. The van der Waals surface area contributed by atoms with Gasteiger partial charge in [-0.05, 0) is 37.1 Å². The van der Waals surface area contributed by atoms with Crippen molar-refractivity contribution in [1.29, 1.82) is 0 Å². The third-order valence-corrected chi connectivity index (χ3v) is 8.46. The summed E-state index contributed by atoms with van der Waals surface area (Å²) in [6.45, 7) is 2.00. The molecule has 1 atom stereocenters. The molecule has 24 heavy (non-hydrogen) atoms. The highest BCUT2D eigenvalue weighted by Gasteiger charge is 2.38. The van der Waals surface area contributed by atoms with Crippen molar-refractivity contribution in [2.24, 2.45) is 5.14 Å². The summed E-state index contributed by atoms with van der Waals surface area (Å²) in [7, 11) is -11.1. The van der Waals surface area contributed by atoms with E-state index in [1.165, 1.54) is 16.4 Å². The average molecular weight is 397 g/mol. The van der Waals surface area contributed by atoms with E-state index in [1.54, 1.807) is 6.92 Å². The molecular formula is C13H20N2O6S3. The summed E-state index contributed by atoms with van der Waals surface area (Å²) in [5, 5.41) is 5.00. The molecule has 0 saturated carbocycles. The Labute approximate surface area is 142 Å². The maximum atomic E-state index is 12.8. The Morgan fingerprint density at radius 1 is 1.12 bits per heavy atom. The number of benzene rings is 1. The van der Waals surface area contributed by atoms with Crippen molar-refractivity contribution < 1.29 is 25.3 Å². The van der Waals surface area contributed by atoms with E-state index in [2.05, 4.69) is 0 Å². The Kier molecular flexibility index (Phi) is 5.40. The number of hydrogen-bond donors (Lipinski definition) is 1. The molecule has 1 aliphatic heterocycles. The van der Waals surface area contributed by atoms with Gasteiger partial charge in [0.1, 0.15) is 0 Å². The molecule has 1 saturated heterocycles. The highest BCUT2D eigenvalue weighted by Crippen LogP contribution is 2.26. The van der Waals surface area contributed by atoms with Crippen LogP contribution in [-0.4, -0.2) is 53.7 Å². The summed E-state index contributed by atoms with van der Waals surface area (Å²) in [6, 6.07) is 3.98. The minimum atomic E-state index is -3.93. The molecule has 1 unspecified atom stereocenters. The van der Waals surface area contributed by atoms with Crippen LogP contribution < -0.4 is 5.14 Å². The van der Waals surface area contributed by atoms with Gasteiger partial charge in [-0.15, -0.1) is 0 Å². The topological polar surface area (TPSA) is 132 Å². The summed E-state index contributed by atoms with van der Waals surface area (Å²) in [4.78, 5) is -0.278. The summed E-state index contributed by atoms with van der Waals surface area (Å²) in [5.41, 5.74) is 0. The molecule has 1 aromatic carbocycles. The molecule has 1 aliphatic rings. The van der Waals surface area contributed by atoms with Gasteiger partial charge < -0.3 is 0 Å². The van der Waals surface area contributed by atoms with Crippen LogP contribution in [0.1, 0.15) is 19.8 Å². The number of rotatable bonds is 6. The molecule has 0 aliphatic carbocycles. The SMILES string of the molecule is CCCN(C1CCS(=O)(=O)C1)S(=O)(=O)c1ccc(S(N)(=O)=O)cc1. The van der Waals surface area contributed by atoms with Gasteiger partial charge in [0, 0.05) is 12.6 Å². The number of primary sulfonamides is 1. The Bertz CT molecular complexity index is 905. The van der Waals surface area contributed by atoms with Crippen molar-refractivity contribution in [3.05, 3.63) is 24.3 Å². The van der Waals surface area contributed by atoms with Crippen molar-refractivity contribution >= 4 is 29.9 Å². The molecule has 1 heterocycles. The third-order valence-electron chi connectivity index (χ3n) is 3.82. The maximum absolute atomic E-state index is 12.8. The first kappa shape index (κ1) is 19.3. The van der Waals surface area contributed by atoms with Crippen LogP contribution >= 0.6 is 0 Å². The lowest BCUT2D eigenvalue weighted by molar-refractivity contribution is 0.340. The van der Waals surface area contributed by atoms with E-state index in [0.29, 0.717) is 6.42 Å². The Morgan fingerprint density at radius 2 is 1.67 bits per heavy atom. The largest absolute Gasteiger partial charge is 0.243 e. The minimum Gasteiger partial charge on any atom is -0.229 e. The molecule has 2 rings (SSSR count). The molecule has 136 valence electrons. The van der Waals surface area contributed by atoms with Crippen LogP contribution in [0.25, 0.3) is 0 Å². The van der Waals surface area contributed by atoms with Gasteiger partial charge >= 0.3 is 0 Å². The van der Waals surface area contributed by atoms with Gasteiger partial charge in [0.05, 0.1) is 21.3 Å². The average Bonchev–Trinajstić information content (AvgIpc) is 2.83. The molecule has 0 amide bonds. The normalized spacial score (nSPS) is 21.2. The molecule has 1 aromatic rings. The monoisotopic (exact) mass is 396 g/mol. The summed E-state index contributed by atoms with van der Waals surface area (Å²) in [5.74, 6) is -0.223. The van der Waals surface area contributed by atoms with Gasteiger partial charge in [-0.25, -0.2) is 30.4 Å². The summed E-state index contributed by atoms with van der Waals surface area (Å²) >= 11 is 0. The van der Waals surface area contributed by atoms with Gasteiger partial charge in [-0.1, -0.05) is 6.92 Å². The van der Waals surface area contributed by atoms with Crippen LogP contribution in [0, 0.1) is 0 Å². The minimum absolute atomic E-state index is 0.0300. The first-order chi connectivity index (χ1) is 11.0. The zero-order valence-electron chi connectivity index (χ0n) is 13.1. The van der Waals surface area contributed by atoms with E-state index in [4.69, 9.17) is 5.14 Å². The van der Waals surface area contributed by atoms with Gasteiger partial charge in [0.2, 0.25) is 20.0 Å². The van der Waals surface area contributed by atoms with Crippen LogP contribution in [0.3, 0.4) is 0 Å². The fourth-order valence-corrected chi connectivity index (χ4v) is 6.75. The molecular weight excluding hydrogens is 376 g/mol. The van der Waals surface area contributed by atoms with Crippen LogP contribution in [0.5, 0.6) is 0 Å². The predicted molar refractivity (Wildman–Crippen MR) is 89.1 cm³/mol. The molecule has 1 fully saturated rings. The Morgan fingerprint density at radius 3 is 2.08 bits per heavy atom. The second-order valence-corrected chi connectivity index (χ2v) is 11.4. The number of sulfone groups is 1. The standard InChI is InChI=1S/C13H20N2O6S3/c1-2-8-15(11-7-9-22(16,17)10-11)24(20,21)13-5-3-12(4-6-13)23(14,18)19/h3-6,11H,2,7-10H2,1H3,(H2,14,18,19). The number of hydrogen-bond acceptors (Lipinski definition) is 6. The fraction of sp³-hybridized carbons (Fsp3) is 0.538. The lowest BCUT2D eigenvalue weighted by atomic mass is 10.2. The van der Waals surface area contributed by atoms with Gasteiger partial charge in [-0.2, -0.15) is 4.31 Å². The van der Waals surface area contributed by atoms with E-state index < -0.39 is 35.9 Å². The first-order valence-electron chi connectivity index (χ1n) is 7.32. The molecule has 11 heteroatoms. The van der Waals surface area contributed by atoms with Crippen molar-refractivity contribution in [3.8, 4) is 0 Å². The molecule has 8 nitrogen and oxygen atoms in total. The van der Waals surface area contributed by atoms with Gasteiger partial charge in [0.15, 0.2) is 9.84 Å². The van der Waals surface area contributed by atoms with Crippen molar-refractivity contribution in [1.82, 2.24) is 4.31 Å². The molecule has 0 radical (unpaired) electrons. The number of sulfonamides is 2. The quantitative estimate of drug-likeness (QED) is 0.715. The lowest BCUT2D eigenvalue weighted by Crippen LogP contribution is -2.41. The summed E-state index contributed by atoms with van der Waals surface area (Å²) < 4.78 is 72.7. The Balaban J connectivity index is 2.38. The van der Waals surface area contributed by atoms with Crippen LogP contribution in [0.2, 0.25) is 0 Å². The first-order valence-corrected chi connectivity index (χ1v) is 12.1. The van der Waals surface area contributed by atoms with E-state index in [9.17, 15) is 25.3 Å². The Hall–Kier alpha value is -1.01. The van der Waals surface area contributed by atoms with Crippen LogP contribution in [0.15, 0.2) is 34.1 Å². The smallest absolute Gasteiger partial charge is 0.229 e. The zero-order valence-corrected chi connectivity index (χ0v) is 15.6. The van der Waals surface area contributed by atoms with E-state index >= 15 is 0 Å². The molecule has 0 bridgehead atoms. The van der Waals surface area contributed by atoms with Crippen molar-refractivity contribution in [2.75, 3.05) is 18.1 Å². The number of nitrogens with zero attached hydrogens (tertiary/aromatic N) is 1. The third kappa shape index (κ3) is 4.14. The van der Waals surface area contributed by atoms with Gasteiger partial charge in [-0.3, -0.25) is 0 Å². The molecule has 0 spiro atoms. The van der Waals surface area contributed by atoms with Crippen LogP contribution in [0.4, 0.5) is 0 Å². The van der Waals surface area contributed by atoms with Crippen molar-refractivity contribution in [2.45, 2.75) is 35.6 Å². The second-order valence-electron chi connectivity index (χ2n) is 5.69. The second kappa shape index (κ2) is 6.71. The molecule has 2 N–H and O–H groups in total. The van der Waals surface area contributed by atoms with E-state index in [0.717, 1.165) is 12.1 Å². The summed E-state index contributed by atoms with van der Waals surface area (Å²) in [6.07, 6.45) is 0.794. The fourth-order valence-electron chi connectivity index (χ4n) is 2.66. The van der Waals surface area contributed by atoms with Gasteiger partial charge in [0.25, 0.3) is 0 Å². The highest BCUT2D eigenvalue weighted by molar-refractivity contribution is 7.92. The van der Waals surface area contributed by atoms with Crippen LogP contribution in [-0.2, 0) is 29.9 Å². The van der Waals surface area contributed by atoms with Crippen molar-refractivity contribution in [3.63, 3.8) is 0 Å². The highest BCUT2D eigenvalue weighted by atomic mass is 32.2. The zero-order chi connectivity index (χ0) is 18.2. The maximum Gasteiger partial charge on any atom is 0.243 e. The predicted octanol–water partition coefficient (Wildman–Crippen LogP) is -0.0782. The number of nitrogens with two attached hydrogens (primary N) is 1.